The summed E-state index contributed by atoms with van der Waals surface area (Å²) in [5, 5.41) is 0. The molecule has 3 rings (SSSR count). The van der Waals surface area contributed by atoms with Gasteiger partial charge >= 0.3 is 6.18 Å². The third-order valence-electron chi connectivity index (χ3n) is 5.68. The van der Waals surface area contributed by atoms with E-state index >= 15 is 0 Å². The van der Waals surface area contributed by atoms with Crippen LogP contribution < -0.4 is 0 Å². The molecule has 0 saturated heterocycles. The van der Waals surface area contributed by atoms with Gasteiger partial charge in [0.2, 0.25) is 5.91 Å². The summed E-state index contributed by atoms with van der Waals surface area (Å²) in [6.07, 6.45) is 2.30. The standard InChI is InChI=1S/C23H29F3N2O2/c1-30-14-6-13-28(22(29)19-8-2-3-9-19)17-21-11-5-12-27(21)16-18-7-4-10-20(15-18)23(24,25)26/h4-5,7,10-12,15,19H,2-3,6,8-9,13-14,16-17H2,1H3. The van der Waals surface area contributed by atoms with Gasteiger partial charge in [0.05, 0.1) is 12.1 Å². The summed E-state index contributed by atoms with van der Waals surface area (Å²) >= 11 is 0. The lowest BCUT2D eigenvalue weighted by atomic mass is 10.1. The predicted molar refractivity (Wildman–Crippen MR) is 109 cm³/mol. The van der Waals surface area contributed by atoms with Crippen molar-refractivity contribution in [2.75, 3.05) is 20.3 Å². The van der Waals surface area contributed by atoms with Crippen molar-refractivity contribution in [1.82, 2.24) is 9.47 Å². The Labute approximate surface area is 175 Å². The minimum absolute atomic E-state index is 0.0828. The number of nitrogens with zero attached hydrogens (tertiary/aromatic N) is 2. The number of methoxy groups -OCH3 is 1. The molecule has 7 heteroatoms. The average Bonchev–Trinajstić information content (AvgIpc) is 3.39. The fraction of sp³-hybridized carbons (Fsp3) is 0.522. The first-order valence-corrected chi connectivity index (χ1v) is 10.5. The van der Waals surface area contributed by atoms with E-state index < -0.39 is 11.7 Å². The van der Waals surface area contributed by atoms with E-state index in [1.807, 2.05) is 27.8 Å². The molecule has 1 aromatic heterocycles. The van der Waals surface area contributed by atoms with Crippen LogP contribution in [0.1, 0.15) is 48.9 Å². The SMILES string of the molecule is COCCCN(Cc1cccn1Cc1cccc(C(F)(F)F)c1)C(=O)C1CCCC1. The number of benzene rings is 1. The number of carbonyl (C=O) groups excluding carboxylic acids is 1. The first kappa shape index (κ1) is 22.4. The molecule has 0 bridgehead atoms. The number of alkyl halides is 3. The Morgan fingerprint density at radius 2 is 1.97 bits per heavy atom. The molecule has 0 N–H and O–H groups in total. The van der Waals surface area contributed by atoms with Crippen LogP contribution in [-0.2, 0) is 28.8 Å². The molecule has 1 fully saturated rings. The third-order valence-corrected chi connectivity index (χ3v) is 5.68. The highest BCUT2D eigenvalue weighted by atomic mass is 19.4. The molecule has 164 valence electrons. The summed E-state index contributed by atoms with van der Waals surface area (Å²) in [7, 11) is 1.64. The van der Waals surface area contributed by atoms with E-state index in [0.29, 0.717) is 31.8 Å². The predicted octanol–water partition coefficient (Wildman–Crippen LogP) is 5.11. The summed E-state index contributed by atoms with van der Waals surface area (Å²) in [6.45, 7) is 1.97. The number of ether oxygens (including phenoxy) is 1. The molecule has 0 spiro atoms. The van der Waals surface area contributed by atoms with Crippen LogP contribution in [-0.4, -0.2) is 35.6 Å². The molecule has 1 aliphatic rings. The van der Waals surface area contributed by atoms with E-state index in [-0.39, 0.29) is 11.8 Å². The van der Waals surface area contributed by atoms with Crippen molar-refractivity contribution in [1.29, 1.82) is 0 Å². The lowest BCUT2D eigenvalue weighted by molar-refractivity contribution is -0.138. The highest BCUT2D eigenvalue weighted by Gasteiger charge is 2.30. The minimum atomic E-state index is -4.36. The minimum Gasteiger partial charge on any atom is -0.385 e. The second kappa shape index (κ2) is 10.2. The van der Waals surface area contributed by atoms with Crippen molar-refractivity contribution >= 4 is 5.91 Å². The van der Waals surface area contributed by atoms with Crippen LogP contribution in [0.4, 0.5) is 13.2 Å². The van der Waals surface area contributed by atoms with Gasteiger partial charge in [0.15, 0.2) is 0 Å². The third kappa shape index (κ3) is 5.88. The first-order valence-electron chi connectivity index (χ1n) is 10.5. The smallest absolute Gasteiger partial charge is 0.385 e. The van der Waals surface area contributed by atoms with Gasteiger partial charge in [-0.3, -0.25) is 4.79 Å². The number of hydrogen-bond acceptors (Lipinski definition) is 2. The van der Waals surface area contributed by atoms with Crippen LogP contribution >= 0.6 is 0 Å². The van der Waals surface area contributed by atoms with Crippen LogP contribution in [0.15, 0.2) is 42.6 Å². The maximum atomic E-state index is 13.0. The van der Waals surface area contributed by atoms with E-state index in [0.717, 1.165) is 43.9 Å². The van der Waals surface area contributed by atoms with Gasteiger partial charge in [0.25, 0.3) is 0 Å². The van der Waals surface area contributed by atoms with Crippen molar-refractivity contribution in [2.24, 2.45) is 5.92 Å². The van der Waals surface area contributed by atoms with Gasteiger partial charge in [0.1, 0.15) is 0 Å². The lowest BCUT2D eigenvalue weighted by Crippen LogP contribution is -2.36. The normalized spacial score (nSPS) is 14.9. The number of rotatable bonds is 9. The van der Waals surface area contributed by atoms with Crippen molar-refractivity contribution in [3.8, 4) is 0 Å². The number of carbonyl (C=O) groups is 1. The van der Waals surface area contributed by atoms with E-state index in [2.05, 4.69) is 0 Å². The zero-order valence-corrected chi connectivity index (χ0v) is 17.3. The molecule has 1 heterocycles. The fourth-order valence-electron chi connectivity index (χ4n) is 4.08. The molecule has 0 radical (unpaired) electrons. The topological polar surface area (TPSA) is 34.5 Å². The molecule has 1 amide bonds. The summed E-state index contributed by atoms with van der Waals surface area (Å²) in [6, 6.07) is 9.19. The molecular formula is C23H29F3N2O2. The van der Waals surface area contributed by atoms with E-state index in [1.165, 1.54) is 12.1 Å². The number of hydrogen-bond donors (Lipinski definition) is 0. The van der Waals surface area contributed by atoms with Gasteiger partial charge in [-0.05, 0) is 49.1 Å². The zero-order chi connectivity index (χ0) is 21.6. The Morgan fingerprint density at radius 3 is 2.67 bits per heavy atom. The second-order valence-corrected chi connectivity index (χ2v) is 7.91. The Kier molecular flexibility index (Phi) is 7.58. The van der Waals surface area contributed by atoms with Crippen molar-refractivity contribution < 1.29 is 22.7 Å². The maximum absolute atomic E-state index is 13.0. The van der Waals surface area contributed by atoms with Crippen molar-refractivity contribution in [3.63, 3.8) is 0 Å². The Balaban J connectivity index is 1.73. The number of aromatic nitrogens is 1. The Hall–Kier alpha value is -2.28. The summed E-state index contributed by atoms with van der Waals surface area (Å²) in [4.78, 5) is 14.9. The molecule has 30 heavy (non-hydrogen) atoms. The highest BCUT2D eigenvalue weighted by Crippen LogP contribution is 2.30. The molecule has 1 saturated carbocycles. The van der Waals surface area contributed by atoms with Gasteiger partial charge in [-0.15, -0.1) is 0 Å². The van der Waals surface area contributed by atoms with Gasteiger partial charge in [-0.2, -0.15) is 13.2 Å². The van der Waals surface area contributed by atoms with Crippen LogP contribution in [0.5, 0.6) is 0 Å². The fourth-order valence-corrected chi connectivity index (χ4v) is 4.08. The molecule has 4 nitrogen and oxygen atoms in total. The highest BCUT2D eigenvalue weighted by molar-refractivity contribution is 5.79. The van der Waals surface area contributed by atoms with Crippen LogP contribution in [0.3, 0.4) is 0 Å². The van der Waals surface area contributed by atoms with Crippen molar-refractivity contribution in [2.45, 2.75) is 51.4 Å². The molecule has 0 aliphatic heterocycles. The van der Waals surface area contributed by atoms with Gasteiger partial charge < -0.3 is 14.2 Å². The summed E-state index contributed by atoms with van der Waals surface area (Å²) < 4.78 is 46.1. The average molecular weight is 422 g/mol. The number of halogens is 3. The van der Waals surface area contributed by atoms with Gasteiger partial charge in [-0.1, -0.05) is 25.0 Å². The molecular weight excluding hydrogens is 393 g/mol. The van der Waals surface area contributed by atoms with E-state index in [4.69, 9.17) is 4.74 Å². The quantitative estimate of drug-likeness (QED) is 0.527. The summed E-state index contributed by atoms with van der Waals surface area (Å²) in [5.74, 6) is 0.259. The first-order chi connectivity index (χ1) is 14.4. The van der Waals surface area contributed by atoms with Crippen LogP contribution in [0, 0.1) is 5.92 Å². The lowest BCUT2D eigenvalue weighted by Gasteiger charge is -2.26. The molecule has 1 aromatic carbocycles. The zero-order valence-electron chi connectivity index (χ0n) is 17.3. The van der Waals surface area contributed by atoms with Gasteiger partial charge in [0, 0.05) is 44.6 Å². The van der Waals surface area contributed by atoms with Crippen LogP contribution in [0.25, 0.3) is 0 Å². The summed E-state index contributed by atoms with van der Waals surface area (Å²) in [5.41, 5.74) is 0.845. The molecule has 1 aliphatic carbocycles. The molecule has 0 atom stereocenters. The second-order valence-electron chi connectivity index (χ2n) is 7.91. The monoisotopic (exact) mass is 422 g/mol. The number of amides is 1. The Bertz CT molecular complexity index is 826. The Morgan fingerprint density at radius 1 is 1.20 bits per heavy atom. The van der Waals surface area contributed by atoms with Crippen LogP contribution in [0.2, 0.25) is 0 Å². The largest absolute Gasteiger partial charge is 0.416 e. The molecule has 0 unspecified atom stereocenters. The van der Waals surface area contributed by atoms with E-state index in [9.17, 15) is 18.0 Å². The van der Waals surface area contributed by atoms with Gasteiger partial charge in [-0.25, -0.2) is 0 Å². The maximum Gasteiger partial charge on any atom is 0.416 e. The van der Waals surface area contributed by atoms with Crippen molar-refractivity contribution in [3.05, 3.63) is 59.4 Å². The molecule has 2 aromatic rings. The van der Waals surface area contributed by atoms with E-state index in [1.54, 1.807) is 13.2 Å².